The highest BCUT2D eigenvalue weighted by Gasteiger charge is 2.02. The number of pyridine rings is 1. The summed E-state index contributed by atoms with van der Waals surface area (Å²) in [5.41, 5.74) is 10.5. The second-order valence-corrected chi connectivity index (χ2v) is 1.80. The molecule has 0 saturated carbocycles. The first-order chi connectivity index (χ1) is 5.72. The van der Waals surface area contributed by atoms with Crippen molar-refractivity contribution in [2.24, 2.45) is 5.73 Å². The Morgan fingerprint density at radius 3 is 2.42 bits per heavy atom. The van der Waals surface area contributed by atoms with Gasteiger partial charge in [-0.25, -0.2) is 4.98 Å². The van der Waals surface area contributed by atoms with Crippen LogP contribution in [0.1, 0.15) is 24.2 Å². The van der Waals surface area contributed by atoms with E-state index in [1.54, 1.807) is 6.07 Å². The summed E-state index contributed by atoms with van der Waals surface area (Å²) in [4.78, 5) is 14.2. The van der Waals surface area contributed by atoms with Crippen LogP contribution in [0.25, 0.3) is 0 Å². The summed E-state index contributed by atoms with van der Waals surface area (Å²) in [5, 5.41) is 0. The van der Waals surface area contributed by atoms with E-state index in [9.17, 15) is 4.79 Å². The maximum absolute atomic E-state index is 10.5. The Bertz CT molecular complexity index is 260. The van der Waals surface area contributed by atoms with Crippen molar-refractivity contribution < 1.29 is 4.79 Å². The molecule has 1 heterocycles. The van der Waals surface area contributed by atoms with Crippen molar-refractivity contribution in [2.75, 3.05) is 5.73 Å². The molecule has 0 aliphatic heterocycles. The quantitative estimate of drug-likeness (QED) is 0.648. The molecular weight excluding hydrogens is 154 g/mol. The lowest BCUT2D eigenvalue weighted by Crippen LogP contribution is -2.13. The van der Waals surface area contributed by atoms with E-state index in [-0.39, 0.29) is 11.4 Å². The van der Waals surface area contributed by atoms with Crippen LogP contribution in [0.15, 0.2) is 18.3 Å². The molecule has 1 rings (SSSR count). The number of anilines is 1. The Morgan fingerprint density at radius 2 is 2.08 bits per heavy atom. The molecule has 4 N–H and O–H groups in total. The number of nitrogens with zero attached hydrogens (tertiary/aromatic N) is 1. The third-order valence-electron chi connectivity index (χ3n) is 1.10. The van der Waals surface area contributed by atoms with Gasteiger partial charge in [0, 0.05) is 6.20 Å². The highest BCUT2D eigenvalue weighted by Crippen LogP contribution is 2.03. The zero-order valence-electron chi connectivity index (χ0n) is 7.24. The van der Waals surface area contributed by atoms with Gasteiger partial charge in [-0.05, 0) is 12.1 Å². The summed E-state index contributed by atoms with van der Waals surface area (Å²) in [6.45, 7) is 4.00. The third kappa shape index (κ3) is 2.57. The van der Waals surface area contributed by atoms with E-state index in [2.05, 4.69) is 4.98 Å². The van der Waals surface area contributed by atoms with Gasteiger partial charge in [-0.3, -0.25) is 4.79 Å². The van der Waals surface area contributed by atoms with Crippen LogP contribution in [-0.4, -0.2) is 10.9 Å². The van der Waals surface area contributed by atoms with Crippen molar-refractivity contribution in [3.8, 4) is 0 Å². The van der Waals surface area contributed by atoms with Crippen molar-refractivity contribution in [2.45, 2.75) is 13.8 Å². The number of carbonyl (C=O) groups excluding carboxylic acids is 1. The molecule has 0 radical (unpaired) electrons. The number of amides is 1. The number of hydrogen-bond acceptors (Lipinski definition) is 3. The van der Waals surface area contributed by atoms with Gasteiger partial charge in [0.1, 0.15) is 5.82 Å². The third-order valence-corrected chi connectivity index (χ3v) is 1.10. The molecule has 4 nitrogen and oxygen atoms in total. The molecule has 0 atom stereocenters. The maximum Gasteiger partial charge on any atom is 0.252 e. The van der Waals surface area contributed by atoms with Gasteiger partial charge in [-0.15, -0.1) is 0 Å². The number of hydrogen-bond donors (Lipinski definition) is 2. The van der Waals surface area contributed by atoms with E-state index < -0.39 is 5.91 Å². The van der Waals surface area contributed by atoms with Crippen LogP contribution in [0.3, 0.4) is 0 Å². The van der Waals surface area contributed by atoms with Crippen molar-refractivity contribution in [3.05, 3.63) is 23.9 Å². The highest BCUT2D eigenvalue weighted by atomic mass is 16.1. The Balaban J connectivity index is 0.000000561. The summed E-state index contributed by atoms with van der Waals surface area (Å²) in [6, 6.07) is 3.14. The molecule has 0 aliphatic rings. The number of aromatic nitrogens is 1. The molecule has 4 heteroatoms. The highest BCUT2D eigenvalue weighted by molar-refractivity contribution is 5.96. The predicted octanol–water partition coefficient (Wildman–Crippen LogP) is 0.789. The van der Waals surface area contributed by atoms with Crippen molar-refractivity contribution in [1.29, 1.82) is 0 Å². The second kappa shape index (κ2) is 5.12. The first-order valence-corrected chi connectivity index (χ1v) is 3.72. The van der Waals surface area contributed by atoms with Crippen LogP contribution >= 0.6 is 0 Å². The van der Waals surface area contributed by atoms with Crippen LogP contribution in [0, 0.1) is 0 Å². The summed E-state index contributed by atoms with van der Waals surface area (Å²) < 4.78 is 0. The van der Waals surface area contributed by atoms with Crippen molar-refractivity contribution >= 4 is 11.7 Å². The monoisotopic (exact) mass is 167 g/mol. The van der Waals surface area contributed by atoms with Crippen LogP contribution in [0.2, 0.25) is 0 Å². The standard InChI is InChI=1S/C6H7N3O.C2H6/c7-5-4(6(8)10)2-1-3-9-5;1-2/h1-3H,(H2,7,9)(H2,8,10);1-2H3. The van der Waals surface area contributed by atoms with Crippen molar-refractivity contribution in [3.63, 3.8) is 0 Å². The fourth-order valence-corrected chi connectivity index (χ4v) is 0.626. The summed E-state index contributed by atoms with van der Waals surface area (Å²) in [5.74, 6) is -0.374. The van der Waals surface area contributed by atoms with E-state index >= 15 is 0 Å². The zero-order chi connectivity index (χ0) is 9.56. The Hall–Kier alpha value is -1.58. The van der Waals surface area contributed by atoms with Gasteiger partial charge in [0.25, 0.3) is 5.91 Å². The summed E-state index contributed by atoms with van der Waals surface area (Å²) in [6.07, 6.45) is 1.50. The Kier molecular flexibility index (Phi) is 4.45. The van der Waals surface area contributed by atoms with E-state index in [0.29, 0.717) is 0 Å². The molecule has 1 aromatic rings. The van der Waals surface area contributed by atoms with E-state index in [4.69, 9.17) is 11.5 Å². The molecule has 12 heavy (non-hydrogen) atoms. The largest absolute Gasteiger partial charge is 0.383 e. The lowest BCUT2D eigenvalue weighted by molar-refractivity contribution is 0.100. The van der Waals surface area contributed by atoms with Crippen molar-refractivity contribution in [1.82, 2.24) is 4.98 Å². The van der Waals surface area contributed by atoms with Crippen LogP contribution in [0.5, 0.6) is 0 Å². The van der Waals surface area contributed by atoms with Crippen LogP contribution < -0.4 is 11.5 Å². The SMILES string of the molecule is CC.NC(=O)c1cccnc1N. The first-order valence-electron chi connectivity index (χ1n) is 3.72. The Labute approximate surface area is 71.6 Å². The molecule has 0 unspecified atom stereocenters. The van der Waals surface area contributed by atoms with Gasteiger partial charge in [-0.1, -0.05) is 13.8 Å². The van der Waals surface area contributed by atoms with E-state index in [0.717, 1.165) is 0 Å². The fraction of sp³-hybridized carbons (Fsp3) is 0.250. The minimum absolute atomic E-state index is 0.176. The summed E-state index contributed by atoms with van der Waals surface area (Å²) in [7, 11) is 0. The molecule has 1 amide bonds. The van der Waals surface area contributed by atoms with Gasteiger partial charge in [0.2, 0.25) is 0 Å². The second-order valence-electron chi connectivity index (χ2n) is 1.80. The number of rotatable bonds is 1. The average molecular weight is 167 g/mol. The molecule has 1 aromatic heterocycles. The molecular formula is C8H13N3O. The molecule has 66 valence electrons. The fourth-order valence-electron chi connectivity index (χ4n) is 0.626. The molecule has 0 saturated heterocycles. The smallest absolute Gasteiger partial charge is 0.252 e. The lowest BCUT2D eigenvalue weighted by atomic mass is 10.2. The van der Waals surface area contributed by atoms with E-state index in [1.165, 1.54) is 12.3 Å². The van der Waals surface area contributed by atoms with Crippen LogP contribution in [0.4, 0.5) is 5.82 Å². The number of carbonyl (C=O) groups is 1. The first kappa shape index (κ1) is 10.4. The number of nitrogen functional groups attached to an aromatic ring is 1. The molecule has 0 fully saturated rings. The lowest BCUT2D eigenvalue weighted by Gasteiger charge is -1.96. The minimum atomic E-state index is -0.550. The molecule has 0 spiro atoms. The number of nitrogens with two attached hydrogens (primary N) is 2. The molecule has 0 aromatic carbocycles. The number of primary amides is 1. The maximum atomic E-state index is 10.5. The minimum Gasteiger partial charge on any atom is -0.383 e. The van der Waals surface area contributed by atoms with Gasteiger partial charge >= 0.3 is 0 Å². The normalized spacial score (nSPS) is 8.17. The summed E-state index contributed by atoms with van der Waals surface area (Å²) >= 11 is 0. The van der Waals surface area contributed by atoms with Gasteiger partial charge in [0.15, 0.2) is 0 Å². The average Bonchev–Trinajstić information content (AvgIpc) is 2.08. The molecule has 0 aliphatic carbocycles. The van der Waals surface area contributed by atoms with E-state index in [1.807, 2.05) is 13.8 Å². The zero-order valence-corrected chi connectivity index (χ0v) is 7.24. The van der Waals surface area contributed by atoms with Crippen LogP contribution in [-0.2, 0) is 0 Å². The van der Waals surface area contributed by atoms with Gasteiger partial charge < -0.3 is 11.5 Å². The van der Waals surface area contributed by atoms with Gasteiger partial charge in [0.05, 0.1) is 5.56 Å². The Morgan fingerprint density at radius 1 is 1.50 bits per heavy atom. The topological polar surface area (TPSA) is 82.0 Å². The molecule has 0 bridgehead atoms. The predicted molar refractivity (Wildman–Crippen MR) is 48.5 cm³/mol. The van der Waals surface area contributed by atoms with Gasteiger partial charge in [-0.2, -0.15) is 0 Å².